The average molecular weight is 334 g/mol. The van der Waals surface area contributed by atoms with Crippen LogP contribution >= 0.6 is 15.9 Å². The molecule has 20 heavy (non-hydrogen) atoms. The second kappa shape index (κ2) is 5.60. The molecule has 3 rings (SSSR count). The van der Waals surface area contributed by atoms with Crippen molar-refractivity contribution < 1.29 is 0 Å². The van der Waals surface area contributed by atoms with Crippen LogP contribution in [0.2, 0.25) is 0 Å². The second-order valence-corrected chi connectivity index (χ2v) is 6.35. The second-order valence-electron chi connectivity index (χ2n) is 5.44. The van der Waals surface area contributed by atoms with Crippen LogP contribution in [0.15, 0.2) is 28.7 Å². The molecule has 0 atom stereocenters. The molecular weight excluding hydrogens is 314 g/mol. The lowest BCUT2D eigenvalue weighted by molar-refractivity contribution is 0.604. The third-order valence-electron chi connectivity index (χ3n) is 4.19. The van der Waals surface area contributed by atoms with Gasteiger partial charge in [-0.15, -0.1) is 0 Å². The van der Waals surface area contributed by atoms with Gasteiger partial charge >= 0.3 is 0 Å². The van der Waals surface area contributed by atoms with E-state index in [-0.39, 0.29) is 0 Å². The van der Waals surface area contributed by atoms with Crippen LogP contribution in [0, 0.1) is 0 Å². The number of aromatic nitrogens is 2. The zero-order valence-electron chi connectivity index (χ0n) is 11.8. The lowest BCUT2D eigenvalue weighted by Crippen LogP contribution is -2.08. The highest BCUT2D eigenvalue weighted by Crippen LogP contribution is 2.37. The molecule has 1 saturated carbocycles. The lowest BCUT2D eigenvalue weighted by atomic mass is 10.1. The smallest absolute Gasteiger partial charge is 0.131 e. The van der Waals surface area contributed by atoms with Crippen LogP contribution in [0.1, 0.15) is 44.3 Å². The number of imidazole rings is 1. The van der Waals surface area contributed by atoms with E-state index in [1.165, 1.54) is 31.5 Å². The quantitative estimate of drug-likeness (QED) is 0.893. The maximum absolute atomic E-state index is 6.34. The minimum atomic E-state index is 0.585. The normalized spacial score (nSPS) is 15.9. The van der Waals surface area contributed by atoms with E-state index >= 15 is 0 Å². The number of hydrogen-bond donors (Lipinski definition) is 1. The van der Waals surface area contributed by atoms with Gasteiger partial charge in [-0.2, -0.15) is 0 Å². The number of nitrogens with zero attached hydrogens (tertiary/aromatic N) is 2. The molecule has 1 aromatic heterocycles. The summed E-state index contributed by atoms with van der Waals surface area (Å²) in [7, 11) is 0. The van der Waals surface area contributed by atoms with Crippen molar-refractivity contribution in [2.75, 3.05) is 5.73 Å². The van der Waals surface area contributed by atoms with Crippen molar-refractivity contribution in [3.63, 3.8) is 0 Å². The molecule has 1 aliphatic rings. The Kier molecular flexibility index (Phi) is 3.83. The first kappa shape index (κ1) is 13.7. The van der Waals surface area contributed by atoms with E-state index < -0.39 is 0 Å². The summed E-state index contributed by atoms with van der Waals surface area (Å²) in [6.07, 6.45) is 5.12. The Labute approximate surface area is 128 Å². The summed E-state index contributed by atoms with van der Waals surface area (Å²) in [5.41, 5.74) is 8.37. The van der Waals surface area contributed by atoms with Crippen LogP contribution in [0.3, 0.4) is 0 Å². The lowest BCUT2D eigenvalue weighted by Gasteiger charge is -2.11. The SMILES string of the molecule is CCn1c(C2CCCC2)nc(-c2ccc(Br)cc2)c1N. The number of benzene rings is 1. The van der Waals surface area contributed by atoms with Crippen LogP contribution < -0.4 is 5.73 Å². The predicted molar refractivity (Wildman–Crippen MR) is 86.7 cm³/mol. The van der Waals surface area contributed by atoms with Gasteiger partial charge in [0.15, 0.2) is 0 Å². The molecule has 0 bridgehead atoms. The van der Waals surface area contributed by atoms with Gasteiger partial charge in [-0.3, -0.25) is 0 Å². The van der Waals surface area contributed by atoms with Crippen LogP contribution in [-0.2, 0) is 6.54 Å². The molecule has 2 aromatic rings. The first-order valence-corrected chi connectivity index (χ1v) is 8.11. The molecule has 3 nitrogen and oxygen atoms in total. The highest BCUT2D eigenvalue weighted by Gasteiger charge is 2.25. The Bertz CT molecular complexity index is 595. The number of halogens is 1. The van der Waals surface area contributed by atoms with E-state index in [0.717, 1.165) is 28.1 Å². The number of nitrogens with two attached hydrogens (primary N) is 1. The van der Waals surface area contributed by atoms with E-state index in [2.05, 4.69) is 39.6 Å². The summed E-state index contributed by atoms with van der Waals surface area (Å²) in [6.45, 7) is 3.03. The van der Waals surface area contributed by atoms with Gasteiger partial charge in [-0.1, -0.05) is 40.9 Å². The number of hydrogen-bond acceptors (Lipinski definition) is 2. The third-order valence-corrected chi connectivity index (χ3v) is 4.72. The Morgan fingerprint density at radius 2 is 1.90 bits per heavy atom. The molecule has 0 spiro atoms. The fourth-order valence-corrected chi connectivity index (χ4v) is 3.40. The van der Waals surface area contributed by atoms with Crippen molar-refractivity contribution in [1.29, 1.82) is 0 Å². The zero-order valence-corrected chi connectivity index (χ0v) is 13.4. The van der Waals surface area contributed by atoms with Crippen molar-refractivity contribution in [3.8, 4) is 11.3 Å². The molecule has 1 aromatic carbocycles. The molecular formula is C16H20BrN3. The van der Waals surface area contributed by atoms with Gasteiger partial charge in [0.25, 0.3) is 0 Å². The first-order chi connectivity index (χ1) is 9.70. The Balaban J connectivity index is 2.05. The van der Waals surface area contributed by atoms with Gasteiger partial charge in [0, 0.05) is 22.5 Å². The standard InChI is InChI=1S/C16H20BrN3/c1-2-20-15(18)14(11-7-9-13(17)10-8-11)19-16(20)12-5-3-4-6-12/h7-10,12H,2-6,18H2,1H3. The predicted octanol–water partition coefficient (Wildman–Crippen LogP) is 4.57. The molecule has 0 saturated heterocycles. The number of rotatable bonds is 3. The summed E-state index contributed by atoms with van der Waals surface area (Å²) < 4.78 is 3.26. The van der Waals surface area contributed by atoms with Gasteiger partial charge in [0.1, 0.15) is 17.3 Å². The van der Waals surface area contributed by atoms with Crippen LogP contribution in [0.5, 0.6) is 0 Å². The van der Waals surface area contributed by atoms with E-state index in [1.54, 1.807) is 0 Å². The summed E-state index contributed by atoms with van der Waals surface area (Å²) in [6, 6.07) is 8.21. The minimum absolute atomic E-state index is 0.585. The van der Waals surface area contributed by atoms with E-state index in [0.29, 0.717) is 5.92 Å². The Morgan fingerprint density at radius 1 is 1.25 bits per heavy atom. The Hall–Kier alpha value is -1.29. The third kappa shape index (κ3) is 2.37. The van der Waals surface area contributed by atoms with Crippen molar-refractivity contribution in [2.24, 2.45) is 0 Å². The molecule has 0 unspecified atom stereocenters. The van der Waals surface area contributed by atoms with E-state index in [9.17, 15) is 0 Å². The molecule has 0 radical (unpaired) electrons. The molecule has 1 heterocycles. The highest BCUT2D eigenvalue weighted by molar-refractivity contribution is 9.10. The van der Waals surface area contributed by atoms with E-state index in [1.807, 2.05) is 12.1 Å². The van der Waals surface area contributed by atoms with Gasteiger partial charge in [-0.05, 0) is 31.9 Å². The number of nitrogen functional groups attached to an aromatic ring is 1. The first-order valence-electron chi connectivity index (χ1n) is 7.32. The van der Waals surface area contributed by atoms with Gasteiger partial charge < -0.3 is 10.3 Å². The molecule has 0 amide bonds. The van der Waals surface area contributed by atoms with Gasteiger partial charge in [-0.25, -0.2) is 4.98 Å². The van der Waals surface area contributed by atoms with Crippen molar-refractivity contribution in [2.45, 2.75) is 45.1 Å². The Morgan fingerprint density at radius 3 is 2.50 bits per heavy atom. The van der Waals surface area contributed by atoms with Crippen molar-refractivity contribution in [3.05, 3.63) is 34.6 Å². The van der Waals surface area contributed by atoms with Gasteiger partial charge in [0.2, 0.25) is 0 Å². The summed E-state index contributed by atoms with van der Waals surface area (Å²) in [4.78, 5) is 4.89. The van der Waals surface area contributed by atoms with Crippen molar-refractivity contribution >= 4 is 21.7 Å². The van der Waals surface area contributed by atoms with E-state index in [4.69, 9.17) is 10.7 Å². The topological polar surface area (TPSA) is 43.8 Å². The molecule has 106 valence electrons. The summed E-state index contributed by atoms with van der Waals surface area (Å²) >= 11 is 3.47. The molecule has 2 N–H and O–H groups in total. The summed E-state index contributed by atoms with van der Waals surface area (Å²) in [5, 5.41) is 0. The molecule has 0 aliphatic heterocycles. The monoisotopic (exact) mass is 333 g/mol. The maximum atomic E-state index is 6.34. The largest absolute Gasteiger partial charge is 0.383 e. The highest BCUT2D eigenvalue weighted by atomic mass is 79.9. The van der Waals surface area contributed by atoms with Crippen LogP contribution in [0.4, 0.5) is 5.82 Å². The van der Waals surface area contributed by atoms with Crippen LogP contribution in [0.25, 0.3) is 11.3 Å². The van der Waals surface area contributed by atoms with Crippen LogP contribution in [-0.4, -0.2) is 9.55 Å². The fourth-order valence-electron chi connectivity index (χ4n) is 3.13. The average Bonchev–Trinajstić information content (AvgIpc) is 3.07. The van der Waals surface area contributed by atoms with Gasteiger partial charge in [0.05, 0.1) is 0 Å². The maximum Gasteiger partial charge on any atom is 0.131 e. The molecule has 4 heteroatoms. The molecule has 1 fully saturated rings. The number of anilines is 1. The zero-order chi connectivity index (χ0) is 14.1. The molecule has 1 aliphatic carbocycles. The minimum Gasteiger partial charge on any atom is -0.383 e. The fraction of sp³-hybridized carbons (Fsp3) is 0.438. The van der Waals surface area contributed by atoms with Crippen molar-refractivity contribution in [1.82, 2.24) is 9.55 Å². The summed E-state index contributed by atoms with van der Waals surface area (Å²) in [5.74, 6) is 2.57.